The van der Waals surface area contributed by atoms with E-state index in [-0.39, 0.29) is 6.04 Å². The van der Waals surface area contributed by atoms with Crippen LogP contribution >= 0.6 is 0 Å². The van der Waals surface area contributed by atoms with Crippen LogP contribution in [0.2, 0.25) is 0 Å². The summed E-state index contributed by atoms with van der Waals surface area (Å²) in [7, 11) is 0. The Bertz CT molecular complexity index is 2290. The van der Waals surface area contributed by atoms with Crippen LogP contribution in [0.3, 0.4) is 0 Å². The van der Waals surface area contributed by atoms with Crippen LogP contribution in [0.15, 0.2) is 48.7 Å². The van der Waals surface area contributed by atoms with Crippen molar-refractivity contribution in [3.8, 4) is 45.0 Å². The lowest BCUT2D eigenvalue weighted by Gasteiger charge is -2.22. The van der Waals surface area contributed by atoms with Gasteiger partial charge in [0.1, 0.15) is 11.6 Å². The summed E-state index contributed by atoms with van der Waals surface area (Å²) >= 11 is 0. The fourth-order valence-electron chi connectivity index (χ4n) is 11.2. The largest absolute Gasteiger partial charge is 0.448 e. The summed E-state index contributed by atoms with van der Waals surface area (Å²) in [6.07, 6.45) is 16.7. The summed E-state index contributed by atoms with van der Waals surface area (Å²) in [6.45, 7) is 3.03. The molecule has 4 aliphatic heterocycles. The monoisotopic (exact) mass is 724 g/mol. The maximum Gasteiger partial charge on any atom is 0.251 e. The van der Waals surface area contributed by atoms with Crippen LogP contribution in [0.5, 0.6) is 11.5 Å². The van der Waals surface area contributed by atoms with Gasteiger partial charge in [0, 0.05) is 36.0 Å². The number of H-pyrrole nitrogens is 2. The first-order chi connectivity index (χ1) is 26.5. The normalized spacial score (nSPS) is 25.7. The van der Waals surface area contributed by atoms with Crippen molar-refractivity contribution in [1.82, 2.24) is 30.6 Å². The van der Waals surface area contributed by atoms with Crippen LogP contribution in [0, 0.1) is 5.41 Å². The maximum absolute atomic E-state index is 7.06. The van der Waals surface area contributed by atoms with E-state index in [0.29, 0.717) is 31.2 Å². The first-order valence-electron chi connectivity index (χ1n) is 20.5. The van der Waals surface area contributed by atoms with E-state index >= 15 is 0 Å². The van der Waals surface area contributed by atoms with E-state index in [1.807, 2.05) is 0 Å². The molecule has 4 N–H and O–H groups in total. The number of ether oxygens (including phenoxy) is 4. The van der Waals surface area contributed by atoms with Gasteiger partial charge in [-0.25, -0.2) is 9.97 Å². The molecular weight excluding hydrogens is 677 g/mol. The first-order valence-corrected chi connectivity index (χ1v) is 20.5. The minimum absolute atomic E-state index is 0.0533. The highest BCUT2D eigenvalue weighted by atomic mass is 16.7. The second-order valence-corrected chi connectivity index (χ2v) is 17.2. The zero-order chi connectivity index (χ0) is 35.5. The molecule has 54 heavy (non-hydrogen) atoms. The molecule has 5 fully saturated rings. The molecule has 0 bridgehead atoms. The lowest BCUT2D eigenvalue weighted by molar-refractivity contribution is -0.141. The van der Waals surface area contributed by atoms with Crippen molar-refractivity contribution in [3.05, 3.63) is 71.4 Å². The van der Waals surface area contributed by atoms with Crippen LogP contribution < -0.4 is 20.1 Å². The summed E-state index contributed by atoms with van der Waals surface area (Å²) in [4.78, 5) is 17.2. The highest BCUT2D eigenvalue weighted by Crippen LogP contribution is 2.58. The molecule has 2 aromatic heterocycles. The molecule has 2 saturated carbocycles. The summed E-state index contributed by atoms with van der Waals surface area (Å²) < 4.78 is 26.0. The molecule has 3 aliphatic carbocycles. The van der Waals surface area contributed by atoms with Crippen LogP contribution in [-0.2, 0) is 22.3 Å². The number of aromatic nitrogens is 4. The van der Waals surface area contributed by atoms with E-state index in [4.69, 9.17) is 28.9 Å². The average molecular weight is 725 g/mol. The van der Waals surface area contributed by atoms with Gasteiger partial charge in [-0.05, 0) is 110 Å². The number of rotatable bonds is 5. The van der Waals surface area contributed by atoms with Gasteiger partial charge < -0.3 is 39.5 Å². The SMILES string of the molecule is c1cc2nc([C@@H]3CC4(CN3)OCCO4)[nH]c2cc1-c1ccc(-c2ccc(-c3cnc([C@@H]4CCCN4)[nH]3)c3c2CC2(CCCC2)C3)c2c1OC1(CCCC1)O2. The topological polar surface area (TPSA) is 118 Å². The van der Waals surface area contributed by atoms with E-state index in [9.17, 15) is 0 Å². The second kappa shape index (κ2) is 11.9. The summed E-state index contributed by atoms with van der Waals surface area (Å²) in [6, 6.07) is 16.1. The van der Waals surface area contributed by atoms with Gasteiger partial charge in [0.15, 0.2) is 17.3 Å². The van der Waals surface area contributed by atoms with Gasteiger partial charge in [-0.1, -0.05) is 31.0 Å². The zero-order valence-corrected chi connectivity index (χ0v) is 30.8. The van der Waals surface area contributed by atoms with Crippen molar-refractivity contribution < 1.29 is 18.9 Å². The number of nitrogens with zero attached hydrogens (tertiary/aromatic N) is 2. The van der Waals surface area contributed by atoms with Gasteiger partial charge in [-0.15, -0.1) is 0 Å². The van der Waals surface area contributed by atoms with Gasteiger partial charge in [0.25, 0.3) is 5.79 Å². The highest BCUT2D eigenvalue weighted by Gasteiger charge is 2.48. The van der Waals surface area contributed by atoms with Crippen LogP contribution in [-0.4, -0.2) is 57.8 Å². The molecule has 278 valence electrons. The lowest BCUT2D eigenvalue weighted by Crippen LogP contribution is -2.34. The van der Waals surface area contributed by atoms with Gasteiger partial charge in [-0.2, -0.15) is 0 Å². The van der Waals surface area contributed by atoms with Gasteiger partial charge in [0.2, 0.25) is 0 Å². The molecule has 10 heteroatoms. The Morgan fingerprint density at radius 1 is 0.667 bits per heavy atom. The van der Waals surface area contributed by atoms with Crippen LogP contribution in [0.4, 0.5) is 0 Å². The van der Waals surface area contributed by atoms with Crippen molar-refractivity contribution in [2.24, 2.45) is 5.41 Å². The van der Waals surface area contributed by atoms with Gasteiger partial charge >= 0.3 is 0 Å². The summed E-state index contributed by atoms with van der Waals surface area (Å²) in [5.41, 5.74) is 12.3. The summed E-state index contributed by atoms with van der Waals surface area (Å²) in [5, 5.41) is 7.18. The molecule has 3 saturated heterocycles. The standard InChI is InChI=1S/C44H48N6O4/c1-2-14-42(13-1)21-31-28(9-10-29(32(31)22-42)37-24-46-40(50-37)34-6-5-17-45-34)30-11-8-27(38-39(30)54-43(53-38)15-3-4-16-43)26-7-12-33-35(20-26)49-41(48-33)36-23-44(25-47-36)51-18-19-52-44/h7-12,20,24,34,36,45,47H,1-6,13-19,21-23,25H2,(H,46,50)(H,48,49)/t34-,36-/m0/s1. The number of fused-ring (bicyclic) bond motifs is 3. The molecule has 12 rings (SSSR count). The van der Waals surface area contributed by atoms with E-state index in [0.717, 1.165) is 114 Å². The van der Waals surface area contributed by atoms with Crippen molar-refractivity contribution in [2.75, 3.05) is 26.3 Å². The molecule has 5 aromatic rings. The molecule has 10 nitrogen and oxygen atoms in total. The van der Waals surface area contributed by atoms with Gasteiger partial charge in [0.05, 0.1) is 54.8 Å². The van der Waals surface area contributed by atoms with E-state index in [1.54, 1.807) is 0 Å². The average Bonchev–Trinajstić information content (AvgIpc) is 4.04. The predicted molar refractivity (Wildman–Crippen MR) is 205 cm³/mol. The minimum atomic E-state index is -0.594. The number of imidazole rings is 2. The third-order valence-corrected chi connectivity index (χ3v) is 13.9. The first kappa shape index (κ1) is 32.1. The van der Waals surface area contributed by atoms with Crippen LogP contribution in [0.1, 0.15) is 105 Å². The molecule has 3 spiro atoms. The smallest absolute Gasteiger partial charge is 0.251 e. The minimum Gasteiger partial charge on any atom is -0.448 e. The molecule has 0 radical (unpaired) electrons. The third kappa shape index (κ3) is 4.99. The van der Waals surface area contributed by atoms with Crippen molar-refractivity contribution >= 4 is 11.0 Å². The Kier molecular flexibility index (Phi) is 7.06. The third-order valence-electron chi connectivity index (χ3n) is 13.9. The van der Waals surface area contributed by atoms with Crippen molar-refractivity contribution in [3.63, 3.8) is 0 Å². The van der Waals surface area contributed by atoms with E-state index in [2.05, 4.69) is 69.3 Å². The molecule has 0 amide bonds. The maximum atomic E-state index is 7.06. The van der Waals surface area contributed by atoms with Gasteiger partial charge in [-0.3, -0.25) is 0 Å². The Morgan fingerprint density at radius 3 is 2.22 bits per heavy atom. The number of benzene rings is 3. The molecule has 7 aliphatic rings. The molecular formula is C44H48N6O4. The Morgan fingerprint density at radius 2 is 1.41 bits per heavy atom. The fourth-order valence-corrected chi connectivity index (χ4v) is 11.2. The quantitative estimate of drug-likeness (QED) is 0.143. The number of hydrogen-bond acceptors (Lipinski definition) is 8. The highest BCUT2D eigenvalue weighted by molar-refractivity contribution is 5.90. The van der Waals surface area contributed by atoms with Crippen LogP contribution in [0.25, 0.3) is 44.5 Å². The van der Waals surface area contributed by atoms with Crippen molar-refractivity contribution in [2.45, 2.75) is 107 Å². The number of hydrogen-bond donors (Lipinski definition) is 4. The molecule has 3 aromatic carbocycles. The molecule has 0 unspecified atom stereocenters. The molecule has 2 atom stereocenters. The number of aromatic amines is 2. The fraction of sp³-hybridized carbons (Fsp3) is 0.500. The number of nitrogens with one attached hydrogen (secondary N) is 4. The van der Waals surface area contributed by atoms with Crippen molar-refractivity contribution in [1.29, 1.82) is 0 Å². The van der Waals surface area contributed by atoms with E-state index < -0.39 is 11.6 Å². The predicted octanol–water partition coefficient (Wildman–Crippen LogP) is 8.19. The second-order valence-electron chi connectivity index (χ2n) is 17.2. The lowest BCUT2D eigenvalue weighted by atomic mass is 9.82. The molecule has 6 heterocycles. The zero-order valence-electron chi connectivity index (χ0n) is 30.8. The van der Waals surface area contributed by atoms with E-state index in [1.165, 1.54) is 54.4 Å². The Labute approximate surface area is 315 Å². The summed E-state index contributed by atoms with van der Waals surface area (Å²) in [5.74, 6) is 2.63. The Balaban J connectivity index is 0.941. The Hall–Kier alpha value is -4.22.